The number of rotatable bonds is 8. The second-order valence-electron chi connectivity index (χ2n) is 5.74. The minimum atomic E-state index is -3.46. The van der Waals surface area contributed by atoms with E-state index in [-0.39, 0.29) is 6.61 Å². The van der Waals surface area contributed by atoms with Crippen molar-refractivity contribution in [3.8, 4) is 22.4 Å². The number of aliphatic hydroxyl groups excluding tert-OH is 1. The summed E-state index contributed by atoms with van der Waals surface area (Å²) in [4.78, 5) is 4.75. The van der Waals surface area contributed by atoms with E-state index < -0.39 is 10.0 Å². The summed E-state index contributed by atoms with van der Waals surface area (Å²) in [6, 6.07) is 6.85. The maximum Gasteiger partial charge on any atom is 0.243 e. The summed E-state index contributed by atoms with van der Waals surface area (Å²) in [6.07, 6.45) is 2.00. The van der Waals surface area contributed by atoms with Gasteiger partial charge in [-0.15, -0.1) is 11.3 Å². The highest BCUT2D eigenvalue weighted by atomic mass is 32.2. The van der Waals surface area contributed by atoms with Crippen molar-refractivity contribution in [2.45, 2.75) is 38.0 Å². The van der Waals surface area contributed by atoms with Crippen molar-refractivity contribution in [2.24, 2.45) is 0 Å². The Morgan fingerprint density at radius 3 is 2.38 bits per heavy atom. The number of nitrogens with zero attached hydrogens (tertiary/aromatic N) is 2. The van der Waals surface area contributed by atoms with Crippen molar-refractivity contribution in [2.75, 3.05) is 19.7 Å². The van der Waals surface area contributed by atoms with Crippen molar-refractivity contribution in [3.63, 3.8) is 0 Å². The van der Waals surface area contributed by atoms with E-state index in [9.17, 15) is 8.42 Å². The molecule has 1 aromatic heterocycles. The number of sulfonamides is 1. The Morgan fingerprint density at radius 1 is 1.15 bits per heavy atom. The quantitative estimate of drug-likeness (QED) is 0.700. The van der Waals surface area contributed by atoms with Gasteiger partial charge in [0.05, 0.1) is 11.5 Å². The molecule has 0 aliphatic heterocycles. The molecule has 1 aromatic carbocycles. The van der Waals surface area contributed by atoms with Crippen LogP contribution in [0.2, 0.25) is 0 Å². The van der Waals surface area contributed by atoms with Gasteiger partial charge >= 0.3 is 0 Å². The molecule has 0 saturated heterocycles. The van der Waals surface area contributed by atoms with Crippen LogP contribution < -0.4 is 0 Å². The van der Waals surface area contributed by atoms with Crippen LogP contribution in [0.15, 0.2) is 34.5 Å². The van der Waals surface area contributed by atoms with Crippen LogP contribution in [0.25, 0.3) is 10.6 Å². The smallest absolute Gasteiger partial charge is 0.243 e. The molecule has 0 aliphatic rings. The topological polar surface area (TPSA) is 70.5 Å². The summed E-state index contributed by atoms with van der Waals surface area (Å²) >= 11 is 1.46. The van der Waals surface area contributed by atoms with E-state index in [0.717, 1.165) is 23.4 Å². The highest BCUT2D eigenvalue weighted by molar-refractivity contribution is 7.89. The molecule has 1 N–H and O–H groups in total. The number of aromatic nitrogens is 1. The monoisotopic (exact) mass is 392 g/mol. The largest absolute Gasteiger partial charge is 0.395 e. The Kier molecular flexibility index (Phi) is 7.79. The fourth-order valence-corrected chi connectivity index (χ4v) is 4.82. The highest BCUT2D eigenvalue weighted by Crippen LogP contribution is 2.26. The van der Waals surface area contributed by atoms with Gasteiger partial charge in [0.2, 0.25) is 10.0 Å². The molecule has 1 heterocycles. The van der Waals surface area contributed by atoms with Crippen LogP contribution in [0.4, 0.5) is 0 Å². The molecule has 5 nitrogen and oxygen atoms in total. The maximum atomic E-state index is 12.8. The summed E-state index contributed by atoms with van der Waals surface area (Å²) < 4.78 is 27.1. The lowest BCUT2D eigenvalue weighted by molar-refractivity contribution is 0.305. The number of thiazole rings is 1. The van der Waals surface area contributed by atoms with Crippen LogP contribution in [0, 0.1) is 11.8 Å². The first-order valence-corrected chi connectivity index (χ1v) is 11.0. The second kappa shape index (κ2) is 9.83. The zero-order valence-electron chi connectivity index (χ0n) is 15.1. The molecule has 0 amide bonds. The fourth-order valence-electron chi connectivity index (χ4n) is 2.44. The molecule has 0 radical (unpaired) electrons. The zero-order chi connectivity index (χ0) is 19.0. The second-order valence-corrected chi connectivity index (χ2v) is 8.54. The lowest BCUT2D eigenvalue weighted by Crippen LogP contribution is -2.32. The zero-order valence-corrected chi connectivity index (χ0v) is 16.7. The molecular formula is C19H24N2O3S2. The standard InChI is InChI=1S/C19H24N2O3S2/c1-3-12-21(13-4-2)26(23,24)18-10-8-16(9-11-18)19-20-17(15-25-19)7-5-6-14-22/h8-11,15,22H,3-4,6,12-14H2,1-2H3. The van der Waals surface area contributed by atoms with Crippen molar-refractivity contribution in [1.82, 2.24) is 9.29 Å². The van der Waals surface area contributed by atoms with Crippen LogP contribution in [0.5, 0.6) is 0 Å². The molecule has 0 saturated carbocycles. The Hall–Kier alpha value is -1.72. The summed E-state index contributed by atoms with van der Waals surface area (Å²) in [5, 5.41) is 11.4. The molecule has 2 rings (SSSR count). The molecule has 0 unspecified atom stereocenters. The summed E-state index contributed by atoms with van der Waals surface area (Å²) in [5.74, 6) is 5.74. The van der Waals surface area contributed by atoms with Gasteiger partial charge in [0.1, 0.15) is 10.7 Å². The van der Waals surface area contributed by atoms with Crippen molar-refractivity contribution >= 4 is 21.4 Å². The third-order valence-corrected chi connectivity index (χ3v) is 6.45. The molecule has 0 bridgehead atoms. The van der Waals surface area contributed by atoms with Gasteiger partial charge in [-0.05, 0) is 30.9 Å². The number of aliphatic hydroxyl groups is 1. The molecule has 0 aliphatic carbocycles. The average molecular weight is 393 g/mol. The predicted octanol–water partition coefficient (Wildman–Crippen LogP) is 3.35. The van der Waals surface area contributed by atoms with E-state index in [2.05, 4.69) is 16.8 Å². The molecule has 7 heteroatoms. The molecule has 26 heavy (non-hydrogen) atoms. The van der Waals surface area contributed by atoms with Gasteiger partial charge in [-0.2, -0.15) is 4.31 Å². The lowest BCUT2D eigenvalue weighted by atomic mass is 10.2. The lowest BCUT2D eigenvalue weighted by Gasteiger charge is -2.21. The first kappa shape index (κ1) is 20.6. The highest BCUT2D eigenvalue weighted by Gasteiger charge is 2.22. The first-order chi connectivity index (χ1) is 12.5. The SMILES string of the molecule is CCCN(CCC)S(=O)(=O)c1ccc(-c2nc(C#CCCO)cs2)cc1. The normalized spacial score (nSPS) is 11.4. The van der Waals surface area contributed by atoms with Crippen LogP contribution in [0.3, 0.4) is 0 Å². The van der Waals surface area contributed by atoms with Gasteiger partial charge in [-0.3, -0.25) is 0 Å². The summed E-state index contributed by atoms with van der Waals surface area (Å²) in [6.45, 7) is 5.04. The predicted molar refractivity (Wildman–Crippen MR) is 105 cm³/mol. The first-order valence-electron chi connectivity index (χ1n) is 8.68. The van der Waals surface area contributed by atoms with E-state index in [1.165, 1.54) is 11.3 Å². The van der Waals surface area contributed by atoms with E-state index in [0.29, 0.717) is 30.1 Å². The van der Waals surface area contributed by atoms with Crippen LogP contribution in [-0.2, 0) is 10.0 Å². The average Bonchev–Trinajstić information content (AvgIpc) is 3.11. The number of hydrogen-bond donors (Lipinski definition) is 1. The van der Waals surface area contributed by atoms with Crippen LogP contribution >= 0.6 is 11.3 Å². The van der Waals surface area contributed by atoms with Crippen molar-refractivity contribution in [1.29, 1.82) is 0 Å². The van der Waals surface area contributed by atoms with Gasteiger partial charge in [0, 0.05) is 30.5 Å². The minimum Gasteiger partial charge on any atom is -0.395 e. The van der Waals surface area contributed by atoms with E-state index in [4.69, 9.17) is 5.11 Å². The fraction of sp³-hybridized carbons (Fsp3) is 0.421. The minimum absolute atomic E-state index is 0.0347. The maximum absolute atomic E-state index is 12.8. The number of benzene rings is 1. The number of hydrogen-bond acceptors (Lipinski definition) is 5. The van der Waals surface area contributed by atoms with Crippen LogP contribution in [0.1, 0.15) is 38.8 Å². The molecule has 0 spiro atoms. The van der Waals surface area contributed by atoms with Gasteiger partial charge in [-0.1, -0.05) is 31.9 Å². The van der Waals surface area contributed by atoms with E-state index in [1.54, 1.807) is 28.6 Å². The Morgan fingerprint density at radius 2 is 1.81 bits per heavy atom. The van der Waals surface area contributed by atoms with Crippen molar-refractivity contribution in [3.05, 3.63) is 35.3 Å². The summed E-state index contributed by atoms with van der Waals surface area (Å²) in [5.41, 5.74) is 1.52. The van der Waals surface area contributed by atoms with Gasteiger partial charge in [0.25, 0.3) is 0 Å². The van der Waals surface area contributed by atoms with Crippen molar-refractivity contribution < 1.29 is 13.5 Å². The Balaban J connectivity index is 2.21. The molecule has 0 fully saturated rings. The third-order valence-electron chi connectivity index (χ3n) is 3.64. The molecule has 2 aromatic rings. The Labute approximate surface area is 159 Å². The Bertz CT molecular complexity index is 856. The third kappa shape index (κ3) is 5.15. The van der Waals surface area contributed by atoms with Gasteiger partial charge < -0.3 is 5.11 Å². The van der Waals surface area contributed by atoms with E-state index >= 15 is 0 Å². The molecule has 0 atom stereocenters. The molecule has 140 valence electrons. The summed E-state index contributed by atoms with van der Waals surface area (Å²) in [7, 11) is -3.46. The van der Waals surface area contributed by atoms with Gasteiger partial charge in [-0.25, -0.2) is 13.4 Å². The molecular weight excluding hydrogens is 368 g/mol. The van der Waals surface area contributed by atoms with Gasteiger partial charge in [0.15, 0.2) is 0 Å². The van der Waals surface area contributed by atoms with E-state index in [1.807, 2.05) is 19.2 Å². The van der Waals surface area contributed by atoms with Crippen LogP contribution in [-0.4, -0.2) is 42.5 Å².